The van der Waals surface area contributed by atoms with Gasteiger partial charge in [0.2, 0.25) is 10.0 Å². The lowest BCUT2D eigenvalue weighted by atomic mass is 10.0. The zero-order chi connectivity index (χ0) is 45.5. The first-order valence-corrected chi connectivity index (χ1v) is 23.4. The van der Waals surface area contributed by atoms with E-state index in [2.05, 4.69) is 15.6 Å². The molecule has 4 N–H and O–H groups in total. The van der Waals surface area contributed by atoms with E-state index in [0.717, 1.165) is 34.7 Å². The number of anilines is 2. The normalized spacial score (nSPS) is 14.0. The van der Waals surface area contributed by atoms with Crippen LogP contribution in [-0.4, -0.2) is 92.7 Å². The number of aryl methyl sites for hydroxylation is 2. The number of fused-ring (bicyclic) bond motifs is 1. The number of ether oxygens (including phenoxy) is 2. The predicted octanol–water partition coefficient (Wildman–Crippen LogP) is 6.88. The summed E-state index contributed by atoms with van der Waals surface area (Å²) in [5.74, 6) is -1.38. The molecule has 63 heavy (non-hydrogen) atoms. The molecule has 1 aliphatic heterocycles. The fourth-order valence-electron chi connectivity index (χ4n) is 7.42. The highest BCUT2D eigenvalue weighted by Crippen LogP contribution is 2.30. The number of methoxy groups -OCH3 is 1. The number of H-pyrrole nitrogens is 1. The number of esters is 1. The van der Waals surface area contributed by atoms with Crippen molar-refractivity contribution in [2.45, 2.75) is 76.3 Å². The molecule has 0 saturated carbocycles. The van der Waals surface area contributed by atoms with E-state index in [1.807, 2.05) is 41.1 Å². The van der Waals surface area contributed by atoms with E-state index in [1.165, 1.54) is 35.7 Å². The van der Waals surface area contributed by atoms with Crippen molar-refractivity contribution in [3.05, 3.63) is 125 Å². The molecule has 334 valence electrons. The van der Waals surface area contributed by atoms with Gasteiger partial charge in [0.25, 0.3) is 11.8 Å². The van der Waals surface area contributed by atoms with Crippen molar-refractivity contribution in [2.24, 2.45) is 0 Å². The number of sulfonamides is 1. The predicted molar refractivity (Wildman–Crippen MR) is 239 cm³/mol. The average Bonchev–Trinajstić information content (AvgIpc) is 3.61. The van der Waals surface area contributed by atoms with E-state index < -0.39 is 49.8 Å². The van der Waals surface area contributed by atoms with Gasteiger partial charge in [-0.3, -0.25) is 9.59 Å². The molecular formula is C45H52N6O10S2. The van der Waals surface area contributed by atoms with Crippen LogP contribution in [0.15, 0.2) is 102 Å². The molecule has 0 aliphatic carbocycles. The Morgan fingerprint density at radius 3 is 2.05 bits per heavy atom. The van der Waals surface area contributed by atoms with Gasteiger partial charge >= 0.3 is 22.3 Å². The van der Waals surface area contributed by atoms with Crippen molar-refractivity contribution >= 4 is 66.5 Å². The van der Waals surface area contributed by atoms with Gasteiger partial charge in [-0.2, -0.15) is 17.0 Å². The topological polar surface area (TPSA) is 213 Å². The third kappa shape index (κ3) is 11.5. The summed E-state index contributed by atoms with van der Waals surface area (Å²) in [7, 11) is -7.04. The number of hydrogen-bond acceptors (Lipinski definition) is 10. The number of benzene rings is 4. The Morgan fingerprint density at radius 1 is 0.794 bits per heavy atom. The number of aromatic amines is 1. The molecule has 6 rings (SSSR count). The molecule has 1 saturated heterocycles. The van der Waals surface area contributed by atoms with Crippen molar-refractivity contribution in [3.63, 3.8) is 0 Å². The van der Waals surface area contributed by atoms with Gasteiger partial charge in [-0.15, -0.1) is 0 Å². The first-order valence-electron chi connectivity index (χ1n) is 20.5. The second-order valence-corrected chi connectivity index (χ2v) is 19.6. The smallest absolute Gasteiger partial charge is 0.422 e. The zero-order valence-corrected chi connectivity index (χ0v) is 37.4. The minimum absolute atomic E-state index is 0.0278. The number of carbonyl (C=O) groups is 4. The molecule has 1 aromatic heterocycles. The van der Waals surface area contributed by atoms with Gasteiger partial charge < -0.3 is 25.1 Å². The summed E-state index contributed by atoms with van der Waals surface area (Å²) < 4.78 is 68.0. The van der Waals surface area contributed by atoms with Crippen LogP contribution in [0.25, 0.3) is 10.9 Å². The summed E-state index contributed by atoms with van der Waals surface area (Å²) in [6, 6.07) is 27.0. The monoisotopic (exact) mass is 900 g/mol. The van der Waals surface area contributed by atoms with Gasteiger partial charge in [0, 0.05) is 47.8 Å². The van der Waals surface area contributed by atoms with E-state index in [4.69, 9.17) is 9.47 Å². The lowest BCUT2D eigenvalue weighted by molar-refractivity contribution is 0.0563. The number of aromatic nitrogens is 1. The van der Waals surface area contributed by atoms with Crippen molar-refractivity contribution < 1.29 is 45.5 Å². The van der Waals surface area contributed by atoms with Crippen molar-refractivity contribution in [3.8, 4) is 0 Å². The van der Waals surface area contributed by atoms with Crippen LogP contribution in [-0.2, 0) is 42.5 Å². The van der Waals surface area contributed by atoms with E-state index in [9.17, 15) is 36.0 Å². The number of nitrogens with one attached hydrogen (secondary N) is 4. The van der Waals surface area contributed by atoms with Gasteiger partial charge in [0.1, 0.15) is 11.4 Å². The van der Waals surface area contributed by atoms with Crippen LogP contribution in [0.1, 0.15) is 89.2 Å². The lowest BCUT2D eigenvalue weighted by Gasteiger charge is -2.36. The number of hydrogen-bond donors (Lipinski definition) is 4. The fourth-order valence-corrected chi connectivity index (χ4v) is 10.2. The molecule has 3 amide bonds. The number of nitrogens with zero attached hydrogens (tertiary/aromatic N) is 2. The highest BCUT2D eigenvalue weighted by atomic mass is 32.2. The number of carbonyl (C=O) groups excluding carboxylic acids is 4. The van der Waals surface area contributed by atoms with E-state index in [0.29, 0.717) is 22.2 Å². The van der Waals surface area contributed by atoms with Crippen LogP contribution >= 0.6 is 0 Å². The maximum absolute atomic E-state index is 14.1. The summed E-state index contributed by atoms with van der Waals surface area (Å²) >= 11 is 0. The summed E-state index contributed by atoms with van der Waals surface area (Å²) in [5, 5.41) is 6.28. The van der Waals surface area contributed by atoms with Crippen LogP contribution in [0.5, 0.6) is 0 Å². The Balaban J connectivity index is 1.10. The highest BCUT2D eigenvalue weighted by molar-refractivity contribution is 7.89. The molecule has 0 unspecified atom stereocenters. The third-order valence-corrected chi connectivity index (χ3v) is 14.0. The molecule has 18 heteroatoms. The maximum atomic E-state index is 14.1. The number of amides is 3. The Bertz CT molecular complexity index is 2690. The lowest BCUT2D eigenvalue weighted by Crippen LogP contribution is -2.52. The summed E-state index contributed by atoms with van der Waals surface area (Å²) in [5.41, 5.74) is 3.15. The number of para-hydroxylation sites is 1. The largest absolute Gasteiger partial charge is 0.465 e. The Morgan fingerprint density at radius 2 is 1.43 bits per heavy atom. The van der Waals surface area contributed by atoms with Gasteiger partial charge in [-0.1, -0.05) is 55.5 Å². The molecule has 4 aromatic carbocycles. The molecule has 0 radical (unpaired) electrons. The molecule has 1 fully saturated rings. The summed E-state index contributed by atoms with van der Waals surface area (Å²) in [4.78, 5) is 54.6. The molecular weight excluding hydrogens is 849 g/mol. The van der Waals surface area contributed by atoms with Crippen molar-refractivity contribution in [1.29, 1.82) is 0 Å². The SMILES string of the molecule is CCN(C1CCN(S(=O)(=O)NC(=O)OC(C)(C)C)CC1)S(=O)(=O)c1cccc(C(=O)Nc2[nH]c3ccccc3c2C(=O)Nc2ccc(CCCc3ccc(C(=O)OC)cc3)cc2)c1. The van der Waals surface area contributed by atoms with Crippen LogP contribution in [0.2, 0.25) is 0 Å². The fraction of sp³-hybridized carbons (Fsp3) is 0.333. The average molecular weight is 901 g/mol. The van der Waals surface area contributed by atoms with Gasteiger partial charge in [0.15, 0.2) is 0 Å². The van der Waals surface area contributed by atoms with Gasteiger partial charge in [-0.05, 0) is 113 Å². The molecule has 2 heterocycles. The van der Waals surface area contributed by atoms with Gasteiger partial charge in [0.05, 0.1) is 23.1 Å². The quantitative estimate of drug-likeness (QED) is 0.0800. The first-order chi connectivity index (χ1) is 29.9. The van der Waals surface area contributed by atoms with Crippen LogP contribution < -0.4 is 15.4 Å². The molecule has 0 atom stereocenters. The zero-order valence-electron chi connectivity index (χ0n) is 35.8. The third-order valence-electron chi connectivity index (χ3n) is 10.5. The van der Waals surface area contributed by atoms with E-state index in [1.54, 1.807) is 64.1 Å². The summed E-state index contributed by atoms with van der Waals surface area (Å²) in [6.07, 6.45) is 1.71. The van der Waals surface area contributed by atoms with Gasteiger partial charge in [-0.25, -0.2) is 22.7 Å². The Kier molecular flexibility index (Phi) is 14.4. The van der Waals surface area contributed by atoms with Crippen LogP contribution in [0.3, 0.4) is 0 Å². The minimum Gasteiger partial charge on any atom is -0.465 e. The molecule has 5 aromatic rings. The second-order valence-electron chi connectivity index (χ2n) is 16.0. The Labute approximate surface area is 367 Å². The standard InChI is InChI=1S/C45H52N6O10S2/c1-6-51(35-25-27-50(28-26-35)63(58,59)49-44(55)61-45(2,3)4)62(56,57)36-14-10-13-33(29-36)41(52)48-40-39(37-15-7-8-16-38(37)47-40)42(53)46-34-23-19-31(20-24-34)12-9-11-30-17-21-32(22-18-30)43(54)60-5/h7-8,10,13-24,29,35,47H,6,9,11-12,25-28H2,1-5H3,(H,46,53)(H,48,52)(H,49,55). The maximum Gasteiger partial charge on any atom is 0.422 e. The van der Waals surface area contributed by atoms with E-state index in [-0.39, 0.29) is 60.3 Å². The molecule has 0 bridgehead atoms. The second kappa shape index (κ2) is 19.5. The first kappa shape index (κ1) is 46.4. The van der Waals surface area contributed by atoms with Crippen LogP contribution in [0.4, 0.5) is 16.3 Å². The number of piperidine rings is 1. The summed E-state index contributed by atoms with van der Waals surface area (Å²) in [6.45, 7) is 6.51. The molecule has 16 nitrogen and oxygen atoms in total. The van der Waals surface area contributed by atoms with Crippen molar-refractivity contribution in [2.75, 3.05) is 37.4 Å². The van der Waals surface area contributed by atoms with Crippen LogP contribution in [0, 0.1) is 0 Å². The molecule has 0 spiro atoms. The molecule has 1 aliphatic rings. The number of rotatable bonds is 15. The highest BCUT2D eigenvalue weighted by Gasteiger charge is 2.37. The van der Waals surface area contributed by atoms with Crippen molar-refractivity contribution in [1.82, 2.24) is 18.3 Å². The van der Waals surface area contributed by atoms with E-state index >= 15 is 0 Å². The Hall–Kier alpha value is -6.08. The minimum atomic E-state index is -4.23.